The standard InChI is InChI=1S/C16H22N4O2/c1-16(2,3)22-15(21)20-10-9-19-13-7-6-12-11(14(13)17)5-4-8-18-12/h4-8,19H,9-10,17H2,1-3H3,(H,20,21). The molecule has 0 unspecified atom stereocenters. The predicted octanol–water partition coefficient (Wildman–Crippen LogP) is 2.75. The highest BCUT2D eigenvalue weighted by Crippen LogP contribution is 2.26. The number of anilines is 2. The zero-order valence-corrected chi connectivity index (χ0v) is 13.1. The number of benzene rings is 1. The van der Waals surface area contributed by atoms with Gasteiger partial charge in [0, 0.05) is 24.7 Å². The Kier molecular flexibility index (Phi) is 4.70. The summed E-state index contributed by atoms with van der Waals surface area (Å²) in [5.74, 6) is 0. The van der Waals surface area contributed by atoms with Crippen molar-refractivity contribution in [3.05, 3.63) is 30.5 Å². The summed E-state index contributed by atoms with van der Waals surface area (Å²) in [4.78, 5) is 15.8. The second-order valence-electron chi connectivity index (χ2n) is 5.95. The lowest BCUT2D eigenvalue weighted by Gasteiger charge is -2.19. The van der Waals surface area contributed by atoms with Crippen molar-refractivity contribution in [1.29, 1.82) is 0 Å². The number of alkyl carbamates (subject to hydrolysis) is 1. The van der Waals surface area contributed by atoms with Gasteiger partial charge in [-0.3, -0.25) is 4.98 Å². The lowest BCUT2D eigenvalue weighted by atomic mass is 10.1. The maximum absolute atomic E-state index is 11.5. The molecule has 1 aromatic heterocycles. The minimum absolute atomic E-state index is 0.426. The minimum Gasteiger partial charge on any atom is -0.444 e. The van der Waals surface area contributed by atoms with E-state index in [1.165, 1.54) is 0 Å². The molecule has 1 heterocycles. The molecule has 2 aromatic rings. The third-order valence-corrected chi connectivity index (χ3v) is 2.94. The maximum Gasteiger partial charge on any atom is 0.407 e. The minimum atomic E-state index is -0.493. The highest BCUT2D eigenvalue weighted by atomic mass is 16.6. The first kappa shape index (κ1) is 15.9. The van der Waals surface area contributed by atoms with Crippen molar-refractivity contribution in [2.75, 3.05) is 24.1 Å². The smallest absolute Gasteiger partial charge is 0.407 e. The molecule has 0 saturated heterocycles. The third kappa shape index (κ3) is 4.25. The average Bonchev–Trinajstić information content (AvgIpc) is 2.44. The Labute approximate surface area is 130 Å². The van der Waals surface area contributed by atoms with Crippen molar-refractivity contribution in [3.8, 4) is 0 Å². The number of hydrogen-bond acceptors (Lipinski definition) is 5. The van der Waals surface area contributed by atoms with E-state index in [0.717, 1.165) is 16.6 Å². The number of nitrogens with two attached hydrogens (primary N) is 1. The van der Waals surface area contributed by atoms with Crippen LogP contribution in [-0.2, 0) is 4.74 Å². The molecule has 1 amide bonds. The molecule has 0 spiro atoms. The Morgan fingerprint density at radius 2 is 2.05 bits per heavy atom. The van der Waals surface area contributed by atoms with Gasteiger partial charge in [0.05, 0.1) is 16.9 Å². The fourth-order valence-electron chi connectivity index (χ4n) is 2.01. The summed E-state index contributed by atoms with van der Waals surface area (Å²) in [5.41, 5.74) is 7.98. The van der Waals surface area contributed by atoms with Crippen LogP contribution in [0.15, 0.2) is 30.5 Å². The van der Waals surface area contributed by atoms with Crippen molar-refractivity contribution < 1.29 is 9.53 Å². The number of pyridine rings is 1. The number of carbonyl (C=O) groups is 1. The Balaban J connectivity index is 1.88. The molecule has 0 bridgehead atoms. The number of carbonyl (C=O) groups excluding carboxylic acids is 1. The SMILES string of the molecule is CC(C)(C)OC(=O)NCCNc1ccc2ncccc2c1N. The van der Waals surface area contributed by atoms with Crippen LogP contribution in [0.5, 0.6) is 0 Å². The van der Waals surface area contributed by atoms with Gasteiger partial charge in [0.1, 0.15) is 5.60 Å². The average molecular weight is 302 g/mol. The van der Waals surface area contributed by atoms with E-state index < -0.39 is 11.7 Å². The third-order valence-electron chi connectivity index (χ3n) is 2.94. The molecule has 6 heteroatoms. The van der Waals surface area contributed by atoms with E-state index in [1.54, 1.807) is 6.20 Å². The van der Waals surface area contributed by atoms with Crippen LogP contribution in [0.1, 0.15) is 20.8 Å². The van der Waals surface area contributed by atoms with Gasteiger partial charge >= 0.3 is 6.09 Å². The normalized spacial score (nSPS) is 11.2. The molecule has 0 radical (unpaired) electrons. The van der Waals surface area contributed by atoms with Gasteiger partial charge in [0.2, 0.25) is 0 Å². The van der Waals surface area contributed by atoms with Crippen LogP contribution >= 0.6 is 0 Å². The van der Waals surface area contributed by atoms with Crippen LogP contribution in [0, 0.1) is 0 Å². The number of fused-ring (bicyclic) bond motifs is 1. The number of hydrogen-bond donors (Lipinski definition) is 3. The fraction of sp³-hybridized carbons (Fsp3) is 0.375. The van der Waals surface area contributed by atoms with E-state index in [9.17, 15) is 4.79 Å². The molecular weight excluding hydrogens is 280 g/mol. The van der Waals surface area contributed by atoms with Gasteiger partial charge in [-0.25, -0.2) is 4.79 Å². The molecule has 0 saturated carbocycles. The van der Waals surface area contributed by atoms with Crippen molar-refractivity contribution in [3.63, 3.8) is 0 Å². The van der Waals surface area contributed by atoms with E-state index in [4.69, 9.17) is 10.5 Å². The first-order valence-corrected chi connectivity index (χ1v) is 7.21. The summed E-state index contributed by atoms with van der Waals surface area (Å²) >= 11 is 0. The molecule has 22 heavy (non-hydrogen) atoms. The summed E-state index contributed by atoms with van der Waals surface area (Å²) in [7, 11) is 0. The van der Waals surface area contributed by atoms with Gasteiger partial charge in [0.15, 0.2) is 0 Å². The number of amides is 1. The molecule has 6 nitrogen and oxygen atoms in total. The summed E-state index contributed by atoms with van der Waals surface area (Å²) in [6.07, 6.45) is 1.31. The van der Waals surface area contributed by atoms with Crippen LogP contribution in [-0.4, -0.2) is 29.8 Å². The van der Waals surface area contributed by atoms with E-state index in [2.05, 4.69) is 15.6 Å². The van der Waals surface area contributed by atoms with Crippen LogP contribution in [0.3, 0.4) is 0 Å². The number of aromatic nitrogens is 1. The number of ether oxygens (including phenoxy) is 1. The molecule has 0 aliphatic heterocycles. The molecule has 1 aromatic carbocycles. The van der Waals surface area contributed by atoms with E-state index in [0.29, 0.717) is 18.8 Å². The zero-order chi connectivity index (χ0) is 16.2. The summed E-state index contributed by atoms with van der Waals surface area (Å²) < 4.78 is 5.16. The highest BCUT2D eigenvalue weighted by Gasteiger charge is 2.15. The van der Waals surface area contributed by atoms with Gasteiger partial charge in [-0.2, -0.15) is 0 Å². The van der Waals surface area contributed by atoms with Crippen molar-refractivity contribution in [1.82, 2.24) is 10.3 Å². The van der Waals surface area contributed by atoms with Gasteiger partial charge in [0.25, 0.3) is 0 Å². The fourth-order valence-corrected chi connectivity index (χ4v) is 2.01. The zero-order valence-electron chi connectivity index (χ0n) is 13.1. The molecule has 0 fully saturated rings. The molecule has 118 valence electrons. The van der Waals surface area contributed by atoms with Gasteiger partial charge in [-0.1, -0.05) is 0 Å². The number of nitrogens with zero attached hydrogens (tertiary/aromatic N) is 1. The first-order chi connectivity index (χ1) is 10.4. The van der Waals surface area contributed by atoms with Crippen LogP contribution < -0.4 is 16.4 Å². The van der Waals surface area contributed by atoms with Crippen molar-refractivity contribution in [2.24, 2.45) is 0 Å². The molecule has 0 aliphatic carbocycles. The van der Waals surface area contributed by atoms with Gasteiger partial charge in [-0.05, 0) is 45.0 Å². The second-order valence-corrected chi connectivity index (χ2v) is 5.95. The summed E-state index contributed by atoms with van der Waals surface area (Å²) in [6.45, 7) is 6.48. The lowest BCUT2D eigenvalue weighted by Crippen LogP contribution is -2.35. The lowest BCUT2D eigenvalue weighted by molar-refractivity contribution is 0.0530. The summed E-state index contributed by atoms with van der Waals surface area (Å²) in [6, 6.07) is 7.59. The maximum atomic E-state index is 11.5. The topological polar surface area (TPSA) is 89.3 Å². The van der Waals surface area contributed by atoms with E-state index in [1.807, 2.05) is 45.0 Å². The van der Waals surface area contributed by atoms with E-state index in [-0.39, 0.29) is 0 Å². The Morgan fingerprint density at radius 1 is 1.27 bits per heavy atom. The highest BCUT2D eigenvalue weighted by molar-refractivity contribution is 5.96. The van der Waals surface area contributed by atoms with Crippen molar-refractivity contribution in [2.45, 2.75) is 26.4 Å². The second kappa shape index (κ2) is 6.51. The monoisotopic (exact) mass is 302 g/mol. The summed E-state index contributed by atoms with van der Waals surface area (Å²) in [5, 5.41) is 6.80. The van der Waals surface area contributed by atoms with Crippen LogP contribution in [0.4, 0.5) is 16.2 Å². The Morgan fingerprint density at radius 3 is 2.77 bits per heavy atom. The molecule has 0 aliphatic rings. The van der Waals surface area contributed by atoms with E-state index >= 15 is 0 Å². The predicted molar refractivity (Wildman–Crippen MR) is 88.9 cm³/mol. The molecule has 4 N–H and O–H groups in total. The molecular formula is C16H22N4O2. The quantitative estimate of drug-likeness (QED) is 0.597. The van der Waals surface area contributed by atoms with Crippen molar-refractivity contribution >= 4 is 28.4 Å². The molecule has 0 atom stereocenters. The number of nitrogen functional groups attached to an aromatic ring is 1. The Bertz CT molecular complexity index is 665. The Hall–Kier alpha value is -2.50. The largest absolute Gasteiger partial charge is 0.444 e. The van der Waals surface area contributed by atoms with Crippen LogP contribution in [0.2, 0.25) is 0 Å². The molecule has 2 rings (SSSR count). The first-order valence-electron chi connectivity index (χ1n) is 7.21. The number of rotatable bonds is 4. The van der Waals surface area contributed by atoms with Gasteiger partial charge in [-0.15, -0.1) is 0 Å². The van der Waals surface area contributed by atoms with Crippen LogP contribution in [0.25, 0.3) is 10.9 Å². The van der Waals surface area contributed by atoms with Gasteiger partial charge < -0.3 is 21.1 Å². The number of nitrogens with one attached hydrogen (secondary N) is 2.